The van der Waals surface area contributed by atoms with Crippen molar-refractivity contribution in [2.75, 3.05) is 39.5 Å². The SMILES string of the molecule is CNc1ccc(C(=O)CC(O)CCC(C)C2OC(=O)CC(O)CC(=O)CC(O)CC(O)CC(O)CC(O)CC3(O)CC(O)C(C(=O)NCCc4ccccn4)C(CC(OC4OC(C)C(O)C(NC(=O)CN(C)C)C4O)/C=C/C=C/C=C/C=C/C=C/C=C/C=C/C2C)O3)cc1. The van der Waals surface area contributed by atoms with Crippen LogP contribution in [0.4, 0.5) is 5.69 Å². The van der Waals surface area contributed by atoms with Gasteiger partial charge in [-0.1, -0.05) is 105 Å². The van der Waals surface area contributed by atoms with Gasteiger partial charge in [0.1, 0.15) is 24.1 Å². The Balaban J connectivity index is 1.40. The zero-order valence-corrected chi connectivity index (χ0v) is 54.7. The topological polar surface area (TPSA) is 377 Å². The first-order chi connectivity index (χ1) is 44.7. The molecule has 0 aliphatic carbocycles. The highest BCUT2D eigenvalue weighted by Crippen LogP contribution is 2.38. The number of rotatable bonds is 17. The normalized spacial score (nSPS) is 34.1. The molecule has 0 saturated carbocycles. The third kappa shape index (κ3) is 27.7. The van der Waals surface area contributed by atoms with E-state index >= 15 is 0 Å². The number of ether oxygens (including phenoxy) is 4. The molecular formula is C70H101N5O19. The Morgan fingerprint density at radius 1 is 0.734 bits per heavy atom. The molecule has 2 bridgehead atoms. The maximum atomic E-state index is 14.2. The second-order valence-electron chi connectivity index (χ2n) is 25.2. The number of pyridine rings is 1. The van der Waals surface area contributed by atoms with Crippen LogP contribution in [0.5, 0.6) is 0 Å². The average Bonchev–Trinajstić information content (AvgIpc) is 0.810. The zero-order valence-electron chi connectivity index (χ0n) is 54.7. The third-order valence-electron chi connectivity index (χ3n) is 16.5. The second kappa shape index (κ2) is 40.2. The lowest BCUT2D eigenvalue weighted by atomic mass is 9.82. The van der Waals surface area contributed by atoms with E-state index in [0.29, 0.717) is 24.1 Å². The number of aliphatic hydroxyl groups is 10. The van der Waals surface area contributed by atoms with Crippen molar-refractivity contribution >= 4 is 35.0 Å². The number of allylic oxidation sites excluding steroid dienone is 12. The molecule has 5 rings (SSSR count). The monoisotopic (exact) mass is 1320 g/mol. The Morgan fingerprint density at radius 3 is 1.96 bits per heavy atom. The van der Waals surface area contributed by atoms with E-state index < -0.39 is 178 Å². The van der Waals surface area contributed by atoms with Gasteiger partial charge in [-0.25, -0.2) is 0 Å². The molecule has 0 radical (unpaired) electrons. The van der Waals surface area contributed by atoms with Crippen molar-refractivity contribution in [2.45, 2.75) is 202 Å². The molecule has 2 amide bonds. The molecule has 1 aromatic carbocycles. The molecule has 3 aliphatic rings. The van der Waals surface area contributed by atoms with Crippen LogP contribution in [0.1, 0.15) is 114 Å². The lowest BCUT2D eigenvalue weighted by Gasteiger charge is -2.46. The van der Waals surface area contributed by atoms with E-state index in [1.807, 2.05) is 19.9 Å². The van der Waals surface area contributed by atoms with E-state index in [1.54, 1.807) is 154 Å². The molecule has 13 N–H and O–H groups in total. The molecule has 19 atom stereocenters. The predicted molar refractivity (Wildman–Crippen MR) is 351 cm³/mol. The molecule has 2 aromatic rings. The van der Waals surface area contributed by atoms with Crippen LogP contribution in [-0.2, 0) is 44.5 Å². The van der Waals surface area contributed by atoms with Crippen LogP contribution >= 0.6 is 0 Å². The summed E-state index contributed by atoms with van der Waals surface area (Å²) in [5.41, 5.74) is 1.98. The minimum Gasteiger partial charge on any atom is -0.461 e. The number of benzene rings is 1. The maximum Gasteiger partial charge on any atom is 0.308 e. The fourth-order valence-electron chi connectivity index (χ4n) is 11.7. The number of aliphatic hydroxyl groups excluding tert-OH is 9. The van der Waals surface area contributed by atoms with Crippen molar-refractivity contribution in [3.05, 3.63) is 145 Å². The summed E-state index contributed by atoms with van der Waals surface area (Å²) >= 11 is 0. The summed E-state index contributed by atoms with van der Waals surface area (Å²) in [6.45, 7) is 5.28. The van der Waals surface area contributed by atoms with E-state index in [0.717, 1.165) is 5.69 Å². The summed E-state index contributed by atoms with van der Waals surface area (Å²) in [6, 6.07) is 11.0. The quantitative estimate of drug-likeness (QED) is 0.0799. The van der Waals surface area contributed by atoms with Crippen molar-refractivity contribution in [1.82, 2.24) is 20.5 Å². The Bertz CT molecular complexity index is 2870. The van der Waals surface area contributed by atoms with Gasteiger partial charge in [-0.2, -0.15) is 0 Å². The van der Waals surface area contributed by atoms with Crippen LogP contribution in [0.15, 0.2) is 134 Å². The van der Waals surface area contributed by atoms with E-state index in [1.165, 1.54) is 6.92 Å². The van der Waals surface area contributed by atoms with Gasteiger partial charge in [0.2, 0.25) is 11.8 Å². The third-order valence-corrected chi connectivity index (χ3v) is 16.5. The summed E-state index contributed by atoms with van der Waals surface area (Å²) in [5, 5.41) is 121. The average molecular weight is 1320 g/mol. The summed E-state index contributed by atoms with van der Waals surface area (Å²) in [7, 11) is 5.12. The van der Waals surface area contributed by atoms with Crippen molar-refractivity contribution < 1.29 is 94.0 Å². The number of nitrogens with one attached hydrogen (secondary N) is 3. The molecule has 2 saturated heterocycles. The standard InChI is InChI=1S/C70H101N5O19/c1-44-21-17-15-13-11-9-7-8-10-12-14-16-18-23-57(92-69-66(88)64(65(87)46(3)91-69)74-61(85)43-75(5)6)40-60-63(68(89)73-32-30-49-22-19-20-31-72-49)59(84)42-70(90,94-60)41-56(82)37-54(80)35-52(78)33-51(77)34-53(79)36-55(81)39-62(86)93-67(44)45(2)24-29-50(76)38-58(83)47-25-27-48(71-4)28-26-47/h7-23,25-28,31,44-46,50-52,54-57,59-60,63-67,69,71,76-78,80-82,84,87-88,90H,24,29-30,32-43H2,1-6H3,(H,73,89)(H,74,85)/b8-7+,11-9+,12-10+,15-13+,16-14+,21-17+,23-18+. The molecular weight excluding hydrogens is 1210 g/mol. The van der Waals surface area contributed by atoms with Crippen LogP contribution in [0, 0.1) is 17.8 Å². The van der Waals surface area contributed by atoms with Gasteiger partial charge in [0.25, 0.3) is 0 Å². The van der Waals surface area contributed by atoms with Gasteiger partial charge in [-0.15, -0.1) is 0 Å². The fraction of sp³-hybridized carbons (Fsp3) is 0.571. The molecule has 3 aliphatic heterocycles. The number of fused-ring (bicyclic) bond motifs is 2. The van der Waals surface area contributed by atoms with E-state index in [2.05, 4.69) is 20.9 Å². The molecule has 520 valence electrons. The summed E-state index contributed by atoms with van der Waals surface area (Å²) in [5.74, 6) is -7.22. The van der Waals surface area contributed by atoms with Gasteiger partial charge in [-0.3, -0.25) is 29.0 Å². The van der Waals surface area contributed by atoms with Crippen molar-refractivity contribution in [3.63, 3.8) is 0 Å². The Morgan fingerprint density at radius 2 is 1.34 bits per heavy atom. The molecule has 24 heteroatoms. The number of esters is 1. The maximum absolute atomic E-state index is 14.2. The number of hydrogen-bond acceptors (Lipinski definition) is 22. The number of nitrogens with zero attached hydrogens (tertiary/aromatic N) is 2. The second-order valence-corrected chi connectivity index (χ2v) is 25.2. The number of hydrogen-bond donors (Lipinski definition) is 13. The minimum atomic E-state index is -2.34. The molecule has 1 aromatic heterocycles. The van der Waals surface area contributed by atoms with Crippen LogP contribution in [0.2, 0.25) is 0 Å². The number of aromatic nitrogens is 1. The van der Waals surface area contributed by atoms with Crippen molar-refractivity contribution in [2.24, 2.45) is 17.8 Å². The van der Waals surface area contributed by atoms with Crippen molar-refractivity contribution in [3.8, 4) is 0 Å². The Labute approximate surface area is 551 Å². The number of carbonyl (C=O) groups is 5. The Hall–Kier alpha value is -6.46. The van der Waals surface area contributed by atoms with Gasteiger partial charge in [-0.05, 0) is 95.4 Å². The largest absolute Gasteiger partial charge is 0.461 e. The number of cyclic esters (lactones) is 1. The van der Waals surface area contributed by atoms with E-state index in [-0.39, 0.29) is 50.0 Å². The molecule has 2 fully saturated rings. The molecule has 4 heterocycles. The van der Waals surface area contributed by atoms with E-state index in [4.69, 9.17) is 18.9 Å². The molecule has 19 unspecified atom stereocenters. The molecule has 24 nitrogen and oxygen atoms in total. The predicted octanol–water partition coefficient (Wildman–Crippen LogP) is 3.13. The number of amides is 2. The van der Waals surface area contributed by atoms with Gasteiger partial charge >= 0.3 is 5.97 Å². The van der Waals surface area contributed by atoms with Gasteiger partial charge in [0.15, 0.2) is 17.9 Å². The highest BCUT2D eigenvalue weighted by molar-refractivity contribution is 5.96. The van der Waals surface area contributed by atoms with Crippen LogP contribution in [0.3, 0.4) is 0 Å². The number of carbonyl (C=O) groups excluding carboxylic acids is 5. The summed E-state index contributed by atoms with van der Waals surface area (Å²) in [6.07, 6.45) is 3.80. The molecule has 94 heavy (non-hydrogen) atoms. The smallest absolute Gasteiger partial charge is 0.308 e. The van der Waals surface area contributed by atoms with Gasteiger partial charge in [0.05, 0.1) is 86.0 Å². The first-order valence-electron chi connectivity index (χ1n) is 32.4. The number of Topliss-reactive ketones (excluding diaryl/α,β-unsaturated/α-hetero) is 2. The first-order valence-corrected chi connectivity index (χ1v) is 32.4. The van der Waals surface area contributed by atoms with Gasteiger partial charge < -0.3 is 90.9 Å². The lowest BCUT2D eigenvalue weighted by molar-refractivity contribution is -0.307. The first kappa shape index (κ1) is 78.2. The zero-order chi connectivity index (χ0) is 68.9. The fourth-order valence-corrected chi connectivity index (χ4v) is 11.7. The Kier molecular flexibility index (Phi) is 33.4. The highest BCUT2D eigenvalue weighted by atomic mass is 16.7. The summed E-state index contributed by atoms with van der Waals surface area (Å²) < 4.78 is 24.7. The molecule has 0 spiro atoms. The van der Waals surface area contributed by atoms with Crippen molar-refractivity contribution in [1.29, 1.82) is 0 Å². The minimum absolute atomic E-state index is 0.0579. The lowest BCUT2D eigenvalue weighted by Crippen LogP contribution is -2.64. The number of likely N-dealkylation sites (N-methyl/N-ethyl adjacent to an activating group) is 1. The van der Waals surface area contributed by atoms with Crippen LogP contribution < -0.4 is 16.0 Å². The summed E-state index contributed by atoms with van der Waals surface area (Å²) in [4.78, 5) is 72.6. The number of ketones is 2. The van der Waals surface area contributed by atoms with Crippen LogP contribution in [0.25, 0.3) is 0 Å². The van der Waals surface area contributed by atoms with E-state index in [9.17, 15) is 75.0 Å². The van der Waals surface area contributed by atoms with Gasteiger partial charge in [0, 0.05) is 87.6 Å². The van der Waals surface area contributed by atoms with Crippen LogP contribution in [-0.4, -0.2) is 222 Å². The highest BCUT2D eigenvalue weighted by Gasteiger charge is 2.51. The number of anilines is 1.